The van der Waals surface area contributed by atoms with Crippen LogP contribution in [0.2, 0.25) is 0 Å². The first kappa shape index (κ1) is 51.6. The summed E-state index contributed by atoms with van der Waals surface area (Å²) in [6.07, 6.45) is 19.3. The molecule has 20 heteroatoms. The van der Waals surface area contributed by atoms with E-state index in [1.807, 2.05) is 36.5 Å². The molecule has 16 rings (SSSR count). The summed E-state index contributed by atoms with van der Waals surface area (Å²) in [7, 11) is 0. The van der Waals surface area contributed by atoms with E-state index in [4.69, 9.17) is 34.4 Å². The summed E-state index contributed by atoms with van der Waals surface area (Å²) in [4.78, 5) is 44.4. The predicted molar refractivity (Wildman–Crippen MR) is 314 cm³/mol. The van der Waals surface area contributed by atoms with Crippen LogP contribution in [0.5, 0.6) is 12.0 Å². The number of hydrogen-bond donors (Lipinski definition) is 1. The maximum Gasteiger partial charge on any atom is 0.319 e. The van der Waals surface area contributed by atoms with Crippen LogP contribution in [0.1, 0.15) is 80.0 Å². The quantitative estimate of drug-likeness (QED) is 0.102. The van der Waals surface area contributed by atoms with Crippen LogP contribution in [-0.2, 0) is 6.54 Å². The molecule has 0 aliphatic carbocycles. The number of hydrogen-bond acceptors (Lipinski definition) is 15. The molecule has 12 heterocycles. The van der Waals surface area contributed by atoms with Gasteiger partial charge in [-0.2, -0.15) is 25.0 Å². The number of ether oxygens (including phenoxy) is 2. The number of nitrogens with one attached hydrogen (secondary N) is 1. The lowest BCUT2D eigenvalue weighted by Crippen LogP contribution is -2.46. The Labute approximate surface area is 484 Å². The Morgan fingerprint density at radius 2 is 1.29 bits per heavy atom. The van der Waals surface area contributed by atoms with Gasteiger partial charge in [0.05, 0.1) is 28.0 Å². The van der Waals surface area contributed by atoms with Crippen molar-refractivity contribution < 1.29 is 27.0 Å². The second kappa shape index (κ2) is 20.4. The molecule has 11 aromatic rings. The van der Waals surface area contributed by atoms with E-state index in [2.05, 4.69) is 40.1 Å². The third-order valence-corrected chi connectivity index (χ3v) is 18.9. The zero-order valence-corrected chi connectivity index (χ0v) is 46.2. The van der Waals surface area contributed by atoms with E-state index in [1.165, 1.54) is 12.1 Å². The van der Waals surface area contributed by atoms with Crippen LogP contribution in [0.3, 0.4) is 0 Å². The molecule has 2 unspecified atom stereocenters. The van der Waals surface area contributed by atoms with Crippen LogP contribution in [0.15, 0.2) is 128 Å². The minimum absolute atomic E-state index is 0.00418. The number of rotatable bonds is 14. The van der Waals surface area contributed by atoms with E-state index in [0.29, 0.717) is 69.7 Å². The number of aromatic nitrogens is 10. The third kappa shape index (κ3) is 8.56. The molecule has 4 aromatic carbocycles. The molecule has 5 saturated heterocycles. The minimum atomic E-state index is -0.725. The van der Waals surface area contributed by atoms with Crippen molar-refractivity contribution in [3.8, 4) is 34.5 Å². The van der Waals surface area contributed by atoms with Crippen molar-refractivity contribution in [2.24, 2.45) is 0 Å². The number of nitrogens with zero attached hydrogens (tertiary/aromatic N) is 13. The molecule has 85 heavy (non-hydrogen) atoms. The van der Waals surface area contributed by atoms with Gasteiger partial charge in [-0.25, -0.2) is 27.1 Å². The Morgan fingerprint density at radius 3 is 2.09 bits per heavy atom. The average Bonchev–Trinajstić information content (AvgIpc) is 2.50. The minimum Gasteiger partial charge on any atom is -0.461 e. The van der Waals surface area contributed by atoms with Crippen molar-refractivity contribution in [3.05, 3.63) is 168 Å². The van der Waals surface area contributed by atoms with Gasteiger partial charge < -0.3 is 19.7 Å². The fraction of sp³-hybridized carbons (Fsp3) is 0.308. The Hall–Kier alpha value is -9.01. The standard InChI is InChI=1S/C65H56F4N14O2/c66-48-13-2-9-39-8-1-11-44(51(39)48)55-54(69)58-47(33-73-55)61(80-34-41(35-80)38-17-24-70-25-18-38)79-63(77-58)85-37-65-21-6-28-82(65)50(16-22-65)42-14-15-49(67)52-43(42)10-3-12-45(52)56-53(68)57-46(32-72-56)59(74-30-40-31-75-83-29-7-23-71-60(40)83)78-62(76-57)84-36-64-19-4-26-81(64)27-5-20-64/h1-3,7-15,17-18,23-25,29,31-33,41,50H,4-6,16,19-22,26-28,30,34-37H2,(H,74,76,78). The average molecular weight is 1140 g/mol. The van der Waals surface area contributed by atoms with E-state index in [9.17, 15) is 0 Å². The maximum atomic E-state index is 17.7. The summed E-state index contributed by atoms with van der Waals surface area (Å²) in [5.41, 5.74) is 3.51. The van der Waals surface area contributed by atoms with E-state index in [-0.39, 0.29) is 75.9 Å². The molecule has 7 aromatic heterocycles. The van der Waals surface area contributed by atoms with Gasteiger partial charge in [-0.1, -0.05) is 54.6 Å². The van der Waals surface area contributed by atoms with Crippen LogP contribution < -0.4 is 19.7 Å². The molecule has 5 aliphatic rings. The Kier molecular flexibility index (Phi) is 12.4. The molecule has 0 amide bonds. The second-order valence-corrected chi connectivity index (χ2v) is 23.4. The van der Waals surface area contributed by atoms with Gasteiger partial charge >= 0.3 is 12.0 Å². The van der Waals surface area contributed by atoms with Crippen LogP contribution in [0.4, 0.5) is 29.2 Å². The Balaban J connectivity index is 0.721. The molecule has 16 nitrogen and oxygen atoms in total. The number of fused-ring (bicyclic) bond motifs is 7. The summed E-state index contributed by atoms with van der Waals surface area (Å²) in [6.45, 7) is 4.88. The fourth-order valence-corrected chi connectivity index (χ4v) is 14.7. The van der Waals surface area contributed by atoms with E-state index >= 15 is 17.6 Å². The van der Waals surface area contributed by atoms with Gasteiger partial charge in [-0.05, 0) is 123 Å². The third-order valence-electron chi connectivity index (χ3n) is 18.9. The molecule has 2 atom stereocenters. The van der Waals surface area contributed by atoms with Gasteiger partial charge in [-0.3, -0.25) is 24.8 Å². The van der Waals surface area contributed by atoms with Crippen LogP contribution in [-0.4, -0.2) is 116 Å². The molecular formula is C65H56F4N14O2. The van der Waals surface area contributed by atoms with Gasteiger partial charge in [0, 0.05) is 96.2 Å². The van der Waals surface area contributed by atoms with Crippen molar-refractivity contribution in [1.29, 1.82) is 0 Å². The number of benzene rings is 4. The van der Waals surface area contributed by atoms with Crippen molar-refractivity contribution in [3.63, 3.8) is 0 Å². The first-order valence-electron chi connectivity index (χ1n) is 29.2. The predicted octanol–water partition coefficient (Wildman–Crippen LogP) is 12.0. The van der Waals surface area contributed by atoms with E-state index in [0.717, 1.165) is 87.7 Å². The molecule has 0 spiro atoms. The Bertz CT molecular complexity index is 4460. The lowest BCUT2D eigenvalue weighted by Gasteiger charge is -2.41. The van der Waals surface area contributed by atoms with Crippen LogP contribution >= 0.6 is 0 Å². The molecule has 1 N–H and O–H groups in total. The lowest BCUT2D eigenvalue weighted by molar-refractivity contribution is 0.0848. The van der Waals surface area contributed by atoms with E-state index < -0.39 is 28.8 Å². The summed E-state index contributed by atoms with van der Waals surface area (Å²) in [6, 6.07) is 24.4. The van der Waals surface area contributed by atoms with Gasteiger partial charge in [0.25, 0.3) is 0 Å². The smallest absolute Gasteiger partial charge is 0.319 e. The van der Waals surface area contributed by atoms with Crippen molar-refractivity contribution in [1.82, 2.24) is 59.3 Å². The van der Waals surface area contributed by atoms with Crippen molar-refractivity contribution in [2.75, 3.05) is 56.2 Å². The zero-order chi connectivity index (χ0) is 57.0. The fourth-order valence-electron chi connectivity index (χ4n) is 14.7. The van der Waals surface area contributed by atoms with E-state index in [1.54, 1.807) is 84.2 Å². The molecule has 0 bridgehead atoms. The summed E-state index contributed by atoms with van der Waals surface area (Å²) >= 11 is 0. The SMILES string of the molecule is Fc1c(-c2cccc3c(C4CCC5(COc6nc(N7CC(c8ccncc8)C7)c7cnc(-c8cccc9cccc(F)c89)c(F)c7n6)CCCN45)ccc(F)c23)ncc2c(NCc3cnn4cccnc34)nc(OCC34CCCN3CCC4)nc12. The molecule has 5 fully saturated rings. The molecule has 426 valence electrons. The van der Waals surface area contributed by atoms with Gasteiger partial charge in [0.1, 0.15) is 58.9 Å². The van der Waals surface area contributed by atoms with Gasteiger partial charge in [0.2, 0.25) is 0 Å². The highest BCUT2D eigenvalue weighted by Crippen LogP contribution is 2.51. The maximum absolute atomic E-state index is 17.7. The zero-order valence-electron chi connectivity index (χ0n) is 46.2. The highest BCUT2D eigenvalue weighted by atomic mass is 19.1. The summed E-state index contributed by atoms with van der Waals surface area (Å²) in [5, 5.41) is 10.4. The largest absolute Gasteiger partial charge is 0.461 e. The first-order chi connectivity index (χ1) is 41.7. The highest BCUT2D eigenvalue weighted by Gasteiger charge is 2.51. The number of halogens is 4. The molecular weight excluding hydrogens is 1080 g/mol. The normalized spacial score (nSPS) is 19.6. The first-order valence-corrected chi connectivity index (χ1v) is 29.2. The van der Waals surface area contributed by atoms with Crippen molar-refractivity contribution >= 4 is 60.6 Å². The number of anilines is 2. The van der Waals surface area contributed by atoms with Gasteiger partial charge in [0.15, 0.2) is 17.3 Å². The molecule has 0 saturated carbocycles. The topological polar surface area (TPSA) is 161 Å². The molecule has 5 aliphatic heterocycles. The monoisotopic (exact) mass is 1140 g/mol. The molecule has 0 radical (unpaired) electrons. The lowest BCUT2D eigenvalue weighted by atomic mass is 9.92. The summed E-state index contributed by atoms with van der Waals surface area (Å²) < 4.78 is 82.1. The van der Waals surface area contributed by atoms with Crippen LogP contribution in [0, 0.1) is 23.3 Å². The van der Waals surface area contributed by atoms with Gasteiger partial charge in [-0.15, -0.1) is 0 Å². The summed E-state index contributed by atoms with van der Waals surface area (Å²) in [5.74, 6) is -1.38. The van der Waals surface area contributed by atoms with Crippen molar-refractivity contribution in [2.45, 2.75) is 80.9 Å². The Morgan fingerprint density at radius 1 is 0.612 bits per heavy atom. The second-order valence-electron chi connectivity index (χ2n) is 23.4. The number of pyridine rings is 3. The van der Waals surface area contributed by atoms with Crippen LogP contribution in [0.25, 0.3) is 71.5 Å². The highest BCUT2D eigenvalue weighted by molar-refractivity contribution is 6.02.